The van der Waals surface area contributed by atoms with Crippen molar-refractivity contribution in [2.45, 2.75) is 32.7 Å². The number of aromatic nitrogens is 2. The van der Waals surface area contributed by atoms with Crippen LogP contribution in [-0.2, 0) is 17.7 Å². The van der Waals surface area contributed by atoms with E-state index in [4.69, 9.17) is 32.5 Å². The molecule has 1 amide bonds. The van der Waals surface area contributed by atoms with Crippen LogP contribution in [0.5, 0.6) is 0 Å². The molecule has 178 valence electrons. The van der Waals surface area contributed by atoms with Crippen LogP contribution in [0.2, 0.25) is 10.0 Å². The number of hydrogen-bond donors (Lipinski definition) is 1. The standard InChI is InChI=1S/C24H24Cl2N4O4/c1-13-15-9-27-34-21(15)16(22(31)28-13)10-29-5-2-14-17(25)8-18(20(26)19(14)23(29)32)30-11-24(12-30)3-6-33-7-4-24/h8-9H,2-7,10-12H2,1H3,(H,28,31). The highest BCUT2D eigenvalue weighted by molar-refractivity contribution is 6.39. The average molecular weight is 503 g/mol. The lowest BCUT2D eigenvalue weighted by Gasteiger charge is -2.53. The van der Waals surface area contributed by atoms with Crippen LogP contribution in [0.15, 0.2) is 21.6 Å². The highest BCUT2D eigenvalue weighted by Gasteiger charge is 2.45. The SMILES string of the molecule is Cc1[nH]c(=O)c(CN2CCc3c(Cl)cc(N4CC5(CCOCC5)C4)c(Cl)c3C2=O)c2oncc12. The molecule has 2 aromatic heterocycles. The number of pyridine rings is 1. The summed E-state index contributed by atoms with van der Waals surface area (Å²) in [6.07, 6.45) is 4.20. The van der Waals surface area contributed by atoms with Crippen LogP contribution in [0.25, 0.3) is 11.0 Å². The zero-order valence-corrected chi connectivity index (χ0v) is 20.3. The van der Waals surface area contributed by atoms with Gasteiger partial charge in [-0.2, -0.15) is 0 Å². The van der Waals surface area contributed by atoms with Gasteiger partial charge in [-0.25, -0.2) is 0 Å². The molecule has 8 nitrogen and oxygen atoms in total. The Hall–Kier alpha value is -2.55. The number of H-pyrrole nitrogens is 1. The third-order valence-electron chi connectivity index (χ3n) is 7.55. The number of anilines is 1. The molecule has 10 heteroatoms. The second-order valence-corrected chi connectivity index (χ2v) is 10.4. The highest BCUT2D eigenvalue weighted by Crippen LogP contribution is 2.47. The smallest absolute Gasteiger partial charge is 0.257 e. The first-order valence-electron chi connectivity index (χ1n) is 11.5. The number of hydrogen-bond acceptors (Lipinski definition) is 6. The number of aryl methyl sites for hydroxylation is 1. The maximum atomic E-state index is 13.6. The second kappa shape index (κ2) is 8.00. The van der Waals surface area contributed by atoms with Crippen LogP contribution >= 0.6 is 23.2 Å². The van der Waals surface area contributed by atoms with Gasteiger partial charge in [0, 0.05) is 49.0 Å². The predicted octanol–water partition coefficient (Wildman–Crippen LogP) is 3.95. The molecule has 1 N–H and O–H groups in total. The van der Waals surface area contributed by atoms with E-state index in [-0.39, 0.29) is 23.4 Å². The molecule has 5 heterocycles. The molecule has 1 spiro atoms. The molecule has 0 unspecified atom stereocenters. The number of carbonyl (C=O) groups is 1. The first kappa shape index (κ1) is 21.9. The van der Waals surface area contributed by atoms with Gasteiger partial charge < -0.3 is 24.0 Å². The first-order valence-corrected chi connectivity index (χ1v) is 12.2. The molecule has 0 saturated carbocycles. The zero-order chi connectivity index (χ0) is 23.6. The van der Waals surface area contributed by atoms with Crippen molar-refractivity contribution in [2.75, 3.05) is 37.7 Å². The minimum Gasteiger partial charge on any atom is -0.381 e. The van der Waals surface area contributed by atoms with Crippen LogP contribution in [0.1, 0.15) is 40.0 Å². The van der Waals surface area contributed by atoms with Crippen LogP contribution in [0.4, 0.5) is 5.69 Å². The Labute approximate surface area is 205 Å². The van der Waals surface area contributed by atoms with Crippen LogP contribution in [-0.4, -0.2) is 53.8 Å². The van der Waals surface area contributed by atoms with Gasteiger partial charge in [-0.3, -0.25) is 9.59 Å². The number of halogens is 2. The van der Waals surface area contributed by atoms with Gasteiger partial charge in [-0.15, -0.1) is 0 Å². The fourth-order valence-electron chi connectivity index (χ4n) is 5.53. The van der Waals surface area contributed by atoms with Crippen molar-refractivity contribution in [3.05, 3.63) is 55.0 Å². The molecule has 3 aliphatic heterocycles. The van der Waals surface area contributed by atoms with Crippen LogP contribution < -0.4 is 10.5 Å². The van der Waals surface area contributed by atoms with E-state index in [1.807, 2.05) is 6.07 Å². The number of rotatable bonds is 3. The van der Waals surface area contributed by atoms with Crippen molar-refractivity contribution < 1.29 is 14.1 Å². The Bertz CT molecular complexity index is 1370. The summed E-state index contributed by atoms with van der Waals surface area (Å²) in [5.74, 6) is -0.232. The Morgan fingerprint density at radius 2 is 1.97 bits per heavy atom. The predicted molar refractivity (Wildman–Crippen MR) is 129 cm³/mol. The van der Waals surface area contributed by atoms with Crippen molar-refractivity contribution in [1.29, 1.82) is 0 Å². The van der Waals surface area contributed by atoms with Crippen molar-refractivity contribution in [3.63, 3.8) is 0 Å². The molecule has 0 radical (unpaired) electrons. The van der Waals surface area contributed by atoms with Crippen molar-refractivity contribution in [3.8, 4) is 0 Å². The molecule has 6 rings (SSSR count). The lowest BCUT2D eigenvalue weighted by Crippen LogP contribution is -2.58. The van der Waals surface area contributed by atoms with Crippen molar-refractivity contribution in [2.24, 2.45) is 5.41 Å². The molecule has 0 bridgehead atoms. The second-order valence-electron chi connectivity index (χ2n) is 9.62. The fraction of sp³-hybridized carbons (Fsp3) is 0.458. The minimum absolute atomic E-state index is 0.102. The zero-order valence-electron chi connectivity index (χ0n) is 18.7. The summed E-state index contributed by atoms with van der Waals surface area (Å²) in [7, 11) is 0. The van der Waals surface area contributed by atoms with E-state index >= 15 is 0 Å². The lowest BCUT2D eigenvalue weighted by atomic mass is 9.73. The van der Waals surface area contributed by atoms with Gasteiger partial charge in [0.05, 0.1) is 40.0 Å². The number of ether oxygens (including phenoxy) is 1. The summed E-state index contributed by atoms with van der Waals surface area (Å²) >= 11 is 13.5. The number of benzene rings is 1. The molecule has 3 aromatic rings. The van der Waals surface area contributed by atoms with Gasteiger partial charge in [0.1, 0.15) is 0 Å². The maximum absolute atomic E-state index is 13.6. The number of nitrogens with one attached hydrogen (secondary N) is 1. The largest absolute Gasteiger partial charge is 0.381 e. The van der Waals surface area contributed by atoms with Gasteiger partial charge in [0.15, 0.2) is 5.58 Å². The molecule has 34 heavy (non-hydrogen) atoms. The molecule has 0 atom stereocenters. The van der Waals surface area contributed by atoms with E-state index in [1.54, 1.807) is 18.0 Å². The summed E-state index contributed by atoms with van der Waals surface area (Å²) in [4.78, 5) is 33.0. The van der Waals surface area contributed by atoms with Crippen LogP contribution in [0.3, 0.4) is 0 Å². The molecule has 2 fully saturated rings. The van der Waals surface area contributed by atoms with Gasteiger partial charge >= 0.3 is 0 Å². The molecular weight excluding hydrogens is 479 g/mol. The van der Waals surface area contributed by atoms with E-state index in [9.17, 15) is 9.59 Å². The Morgan fingerprint density at radius 3 is 2.74 bits per heavy atom. The summed E-state index contributed by atoms with van der Waals surface area (Å²) in [6, 6.07) is 1.89. The topological polar surface area (TPSA) is 91.7 Å². The highest BCUT2D eigenvalue weighted by atomic mass is 35.5. The van der Waals surface area contributed by atoms with E-state index in [2.05, 4.69) is 15.0 Å². The molecular formula is C24H24Cl2N4O4. The van der Waals surface area contributed by atoms with Crippen molar-refractivity contribution in [1.82, 2.24) is 15.0 Å². The van der Waals surface area contributed by atoms with E-state index in [1.165, 1.54) is 0 Å². The molecule has 0 aliphatic carbocycles. The Morgan fingerprint density at radius 1 is 1.21 bits per heavy atom. The van der Waals surface area contributed by atoms with Gasteiger partial charge in [0.2, 0.25) is 0 Å². The molecule has 3 aliphatic rings. The molecule has 1 aromatic carbocycles. The summed E-state index contributed by atoms with van der Waals surface area (Å²) in [5, 5.41) is 5.54. The number of carbonyl (C=O) groups excluding carboxylic acids is 1. The third-order valence-corrected chi connectivity index (χ3v) is 8.27. The van der Waals surface area contributed by atoms with Gasteiger partial charge in [-0.1, -0.05) is 28.4 Å². The van der Waals surface area contributed by atoms with Gasteiger partial charge in [-0.05, 0) is 37.8 Å². The quantitative estimate of drug-likeness (QED) is 0.582. The third kappa shape index (κ3) is 3.34. The first-order chi connectivity index (χ1) is 16.4. The van der Waals surface area contributed by atoms with E-state index in [0.29, 0.717) is 45.4 Å². The number of fused-ring (bicyclic) bond motifs is 2. The molecule has 2 saturated heterocycles. The Balaban J connectivity index is 1.32. The normalized spacial score (nSPS) is 19.6. The number of nitrogens with zero attached hydrogens (tertiary/aromatic N) is 3. The summed E-state index contributed by atoms with van der Waals surface area (Å²) in [5.41, 5.74) is 3.41. The number of aromatic amines is 1. The monoisotopic (exact) mass is 502 g/mol. The average Bonchev–Trinajstić information content (AvgIpc) is 3.29. The van der Waals surface area contributed by atoms with E-state index in [0.717, 1.165) is 55.8 Å². The maximum Gasteiger partial charge on any atom is 0.257 e. The van der Waals surface area contributed by atoms with E-state index < -0.39 is 0 Å². The van der Waals surface area contributed by atoms with Crippen molar-refractivity contribution >= 4 is 45.8 Å². The minimum atomic E-state index is -0.291. The summed E-state index contributed by atoms with van der Waals surface area (Å²) in [6.45, 7) is 5.65. The Kier molecular flexibility index (Phi) is 5.17. The lowest BCUT2D eigenvalue weighted by molar-refractivity contribution is -0.000186. The number of amides is 1. The van der Waals surface area contributed by atoms with Gasteiger partial charge in [0.25, 0.3) is 11.5 Å². The van der Waals surface area contributed by atoms with Crippen LogP contribution in [0, 0.1) is 12.3 Å². The summed E-state index contributed by atoms with van der Waals surface area (Å²) < 4.78 is 10.9. The fourth-order valence-corrected chi connectivity index (χ4v) is 6.20.